The zero-order valence-corrected chi connectivity index (χ0v) is 9.94. The zero-order chi connectivity index (χ0) is 11.7. The molecule has 3 nitrogen and oxygen atoms in total. The van der Waals surface area contributed by atoms with Gasteiger partial charge in [-0.15, -0.1) is 0 Å². The van der Waals surface area contributed by atoms with Gasteiger partial charge in [0, 0.05) is 29.4 Å². The van der Waals surface area contributed by atoms with E-state index in [2.05, 4.69) is 5.10 Å². The van der Waals surface area contributed by atoms with Crippen LogP contribution in [-0.2, 0) is 7.05 Å². The molecule has 16 heavy (non-hydrogen) atoms. The van der Waals surface area contributed by atoms with Crippen LogP contribution >= 0.6 is 11.6 Å². The van der Waals surface area contributed by atoms with Crippen LogP contribution in [0.25, 0.3) is 0 Å². The zero-order valence-electron chi connectivity index (χ0n) is 9.18. The molecule has 0 aliphatic rings. The Morgan fingerprint density at radius 1 is 1.44 bits per heavy atom. The van der Waals surface area contributed by atoms with Crippen LogP contribution < -0.4 is 0 Å². The van der Waals surface area contributed by atoms with Gasteiger partial charge in [0.15, 0.2) is 0 Å². The summed E-state index contributed by atoms with van der Waals surface area (Å²) in [4.78, 5) is 0. The monoisotopic (exact) mass is 236 g/mol. The van der Waals surface area contributed by atoms with Crippen molar-refractivity contribution in [3.8, 4) is 0 Å². The van der Waals surface area contributed by atoms with E-state index in [-0.39, 0.29) is 0 Å². The fourth-order valence-corrected chi connectivity index (χ4v) is 1.95. The number of rotatable bonds is 2. The molecule has 0 aliphatic carbocycles. The van der Waals surface area contributed by atoms with Gasteiger partial charge in [-0.1, -0.05) is 23.7 Å². The third-order valence-electron chi connectivity index (χ3n) is 2.49. The third-order valence-corrected chi connectivity index (χ3v) is 2.82. The fraction of sp³-hybridized carbons (Fsp3) is 0.250. The van der Waals surface area contributed by atoms with E-state index in [4.69, 9.17) is 11.6 Å². The number of hydrogen-bond acceptors (Lipinski definition) is 2. The maximum Gasteiger partial charge on any atom is 0.109 e. The smallest absolute Gasteiger partial charge is 0.109 e. The standard InChI is InChI=1S/C12H13ClN2O/c1-8-3-4-10(11(13)5-8)12(16)9-6-14-15(2)7-9/h3-7,12,16H,1-2H3. The Labute approximate surface area is 99.3 Å². The fourth-order valence-electron chi connectivity index (χ4n) is 1.61. The number of nitrogens with zero attached hydrogens (tertiary/aromatic N) is 2. The Morgan fingerprint density at radius 3 is 2.75 bits per heavy atom. The van der Waals surface area contributed by atoms with E-state index in [1.807, 2.05) is 32.2 Å². The van der Waals surface area contributed by atoms with Crippen molar-refractivity contribution in [1.29, 1.82) is 0 Å². The maximum absolute atomic E-state index is 10.1. The number of aliphatic hydroxyl groups excluding tert-OH is 1. The van der Waals surface area contributed by atoms with E-state index in [9.17, 15) is 5.11 Å². The molecule has 0 saturated heterocycles. The van der Waals surface area contributed by atoms with Crippen LogP contribution in [0.15, 0.2) is 30.6 Å². The lowest BCUT2D eigenvalue weighted by Gasteiger charge is -2.11. The molecule has 1 aromatic heterocycles. The van der Waals surface area contributed by atoms with Crippen molar-refractivity contribution in [2.45, 2.75) is 13.0 Å². The Hall–Kier alpha value is -1.32. The molecule has 1 N–H and O–H groups in total. The van der Waals surface area contributed by atoms with Gasteiger partial charge < -0.3 is 5.11 Å². The molecule has 0 saturated carbocycles. The molecule has 0 aliphatic heterocycles. The number of hydrogen-bond donors (Lipinski definition) is 1. The van der Waals surface area contributed by atoms with Crippen LogP contribution in [0.3, 0.4) is 0 Å². The minimum absolute atomic E-state index is 0.580. The van der Waals surface area contributed by atoms with Gasteiger partial charge in [0.25, 0.3) is 0 Å². The van der Waals surface area contributed by atoms with E-state index in [1.54, 1.807) is 17.1 Å². The summed E-state index contributed by atoms with van der Waals surface area (Å²) >= 11 is 6.09. The number of aryl methyl sites for hydroxylation is 2. The van der Waals surface area contributed by atoms with Gasteiger partial charge >= 0.3 is 0 Å². The quantitative estimate of drug-likeness (QED) is 0.870. The summed E-state index contributed by atoms with van der Waals surface area (Å²) in [5.41, 5.74) is 2.53. The van der Waals surface area contributed by atoms with Crippen molar-refractivity contribution in [3.63, 3.8) is 0 Å². The van der Waals surface area contributed by atoms with Crippen molar-refractivity contribution in [1.82, 2.24) is 9.78 Å². The molecule has 2 rings (SSSR count). The first-order chi connectivity index (χ1) is 7.58. The highest BCUT2D eigenvalue weighted by molar-refractivity contribution is 6.31. The van der Waals surface area contributed by atoms with E-state index in [0.717, 1.165) is 11.1 Å². The minimum Gasteiger partial charge on any atom is -0.383 e. The summed E-state index contributed by atoms with van der Waals surface area (Å²) in [5, 5.41) is 14.7. The van der Waals surface area contributed by atoms with Crippen LogP contribution in [0.4, 0.5) is 0 Å². The van der Waals surface area contributed by atoms with E-state index < -0.39 is 6.10 Å². The van der Waals surface area contributed by atoms with Crippen molar-refractivity contribution < 1.29 is 5.11 Å². The number of aliphatic hydroxyl groups is 1. The largest absolute Gasteiger partial charge is 0.383 e. The molecule has 0 radical (unpaired) electrons. The minimum atomic E-state index is -0.721. The van der Waals surface area contributed by atoms with Gasteiger partial charge in [-0.3, -0.25) is 4.68 Å². The van der Waals surface area contributed by atoms with E-state index >= 15 is 0 Å². The predicted octanol–water partition coefficient (Wildman–Crippen LogP) is 2.46. The second-order valence-corrected chi connectivity index (χ2v) is 4.28. The first-order valence-electron chi connectivity index (χ1n) is 5.00. The van der Waals surface area contributed by atoms with Gasteiger partial charge in [-0.25, -0.2) is 0 Å². The molecule has 0 bridgehead atoms. The summed E-state index contributed by atoms with van der Waals surface area (Å²) < 4.78 is 1.65. The highest BCUT2D eigenvalue weighted by atomic mass is 35.5. The molecule has 0 spiro atoms. The van der Waals surface area contributed by atoms with Crippen LogP contribution in [0, 0.1) is 6.92 Å². The predicted molar refractivity (Wildman–Crippen MR) is 63.5 cm³/mol. The Balaban J connectivity index is 2.37. The van der Waals surface area contributed by atoms with E-state index in [0.29, 0.717) is 10.6 Å². The van der Waals surface area contributed by atoms with Gasteiger partial charge in [-0.2, -0.15) is 5.10 Å². The first-order valence-corrected chi connectivity index (χ1v) is 5.38. The van der Waals surface area contributed by atoms with Gasteiger partial charge in [-0.05, 0) is 18.6 Å². The van der Waals surface area contributed by atoms with Gasteiger partial charge in [0.05, 0.1) is 6.20 Å². The van der Waals surface area contributed by atoms with Crippen LogP contribution in [0.5, 0.6) is 0 Å². The summed E-state index contributed by atoms with van der Waals surface area (Å²) in [6.07, 6.45) is 2.70. The van der Waals surface area contributed by atoms with Crippen LogP contribution in [0.1, 0.15) is 22.8 Å². The number of aromatic nitrogens is 2. The van der Waals surface area contributed by atoms with Crippen molar-refractivity contribution in [2.24, 2.45) is 7.05 Å². The summed E-state index contributed by atoms with van der Waals surface area (Å²) in [6, 6.07) is 5.62. The topological polar surface area (TPSA) is 38.1 Å². The molecule has 0 amide bonds. The average molecular weight is 237 g/mol. The van der Waals surface area contributed by atoms with Crippen molar-refractivity contribution in [3.05, 3.63) is 52.3 Å². The summed E-state index contributed by atoms with van der Waals surface area (Å²) in [5.74, 6) is 0. The summed E-state index contributed by atoms with van der Waals surface area (Å²) in [7, 11) is 1.81. The lowest BCUT2D eigenvalue weighted by Crippen LogP contribution is -1.99. The lowest BCUT2D eigenvalue weighted by molar-refractivity contribution is 0.220. The van der Waals surface area contributed by atoms with Gasteiger partial charge in [0.1, 0.15) is 6.10 Å². The van der Waals surface area contributed by atoms with Crippen LogP contribution in [0.2, 0.25) is 5.02 Å². The third kappa shape index (κ3) is 2.10. The molecule has 1 heterocycles. The SMILES string of the molecule is Cc1ccc(C(O)c2cnn(C)c2)c(Cl)c1. The Bertz CT molecular complexity index is 507. The molecule has 4 heteroatoms. The highest BCUT2D eigenvalue weighted by Gasteiger charge is 2.15. The second kappa shape index (κ2) is 4.28. The molecular formula is C12H13ClN2O. The average Bonchev–Trinajstić information content (AvgIpc) is 2.64. The van der Waals surface area contributed by atoms with Crippen molar-refractivity contribution >= 4 is 11.6 Å². The molecule has 1 unspecified atom stereocenters. The summed E-state index contributed by atoms with van der Waals surface area (Å²) in [6.45, 7) is 1.96. The molecule has 1 aromatic carbocycles. The van der Waals surface area contributed by atoms with Crippen LogP contribution in [-0.4, -0.2) is 14.9 Å². The second-order valence-electron chi connectivity index (χ2n) is 3.87. The normalized spacial score (nSPS) is 12.8. The van der Waals surface area contributed by atoms with Crippen molar-refractivity contribution in [2.75, 3.05) is 0 Å². The molecular weight excluding hydrogens is 224 g/mol. The number of halogens is 1. The lowest BCUT2D eigenvalue weighted by atomic mass is 10.0. The van der Waals surface area contributed by atoms with Gasteiger partial charge in [0.2, 0.25) is 0 Å². The molecule has 2 aromatic rings. The first kappa shape index (κ1) is 11.2. The Morgan fingerprint density at radius 2 is 2.19 bits per heavy atom. The van der Waals surface area contributed by atoms with E-state index in [1.165, 1.54) is 0 Å². The molecule has 1 atom stereocenters. The molecule has 0 fully saturated rings. The highest BCUT2D eigenvalue weighted by Crippen LogP contribution is 2.28. The maximum atomic E-state index is 10.1. The number of benzene rings is 1. The Kier molecular flexibility index (Phi) is 2.99. The molecule has 84 valence electrons.